The molecule has 0 heterocycles. The molecule has 1 unspecified atom stereocenters. The van der Waals surface area contributed by atoms with Gasteiger partial charge in [-0.15, -0.1) is 0 Å². The van der Waals surface area contributed by atoms with Crippen molar-refractivity contribution in [2.45, 2.75) is 57.0 Å². The smallest absolute Gasteiger partial charge is 0.194 e. The highest BCUT2D eigenvalue weighted by molar-refractivity contribution is 6.03. The van der Waals surface area contributed by atoms with E-state index in [2.05, 4.69) is 6.92 Å². The number of aliphatic hydroxyl groups is 1. The van der Waals surface area contributed by atoms with Crippen molar-refractivity contribution in [1.29, 1.82) is 0 Å². The van der Waals surface area contributed by atoms with Gasteiger partial charge in [-0.2, -0.15) is 0 Å². The van der Waals surface area contributed by atoms with Crippen LogP contribution in [0, 0.1) is 17.3 Å². The number of phenols is 1. The molecule has 0 radical (unpaired) electrons. The van der Waals surface area contributed by atoms with Crippen LogP contribution in [0.4, 0.5) is 0 Å². The second-order valence-corrected chi connectivity index (χ2v) is 9.69. The van der Waals surface area contributed by atoms with Gasteiger partial charge in [0.1, 0.15) is 5.60 Å². The molecule has 3 aliphatic carbocycles. The molecular formula is C26H30O4. The van der Waals surface area contributed by atoms with E-state index in [1.165, 1.54) is 11.1 Å². The third-order valence-electron chi connectivity index (χ3n) is 8.59. The van der Waals surface area contributed by atoms with Crippen LogP contribution < -0.4 is 4.74 Å². The van der Waals surface area contributed by atoms with E-state index in [0.717, 1.165) is 32.1 Å². The fourth-order valence-electron chi connectivity index (χ4n) is 6.97. The highest BCUT2D eigenvalue weighted by Gasteiger charge is 2.64. The van der Waals surface area contributed by atoms with Gasteiger partial charge in [0.15, 0.2) is 17.3 Å². The minimum Gasteiger partial charge on any atom is -0.504 e. The highest BCUT2D eigenvalue weighted by atomic mass is 16.5. The number of fused-ring (bicyclic) bond motifs is 5. The van der Waals surface area contributed by atoms with Gasteiger partial charge in [-0.3, -0.25) is 4.79 Å². The number of aryl methyl sites for hydroxylation is 1. The van der Waals surface area contributed by atoms with Crippen LogP contribution in [0.2, 0.25) is 0 Å². The molecule has 3 aliphatic rings. The van der Waals surface area contributed by atoms with E-state index in [0.29, 0.717) is 35.5 Å². The van der Waals surface area contributed by atoms with E-state index in [1.54, 1.807) is 7.11 Å². The maximum atomic E-state index is 13.4. The van der Waals surface area contributed by atoms with Crippen molar-refractivity contribution >= 4 is 5.78 Å². The lowest BCUT2D eigenvalue weighted by Gasteiger charge is -2.52. The van der Waals surface area contributed by atoms with Crippen LogP contribution >= 0.6 is 0 Å². The van der Waals surface area contributed by atoms with Crippen molar-refractivity contribution in [3.63, 3.8) is 0 Å². The van der Waals surface area contributed by atoms with Crippen molar-refractivity contribution in [3.8, 4) is 11.5 Å². The zero-order valence-electron chi connectivity index (χ0n) is 17.7. The normalized spacial score (nSPS) is 34.6. The summed E-state index contributed by atoms with van der Waals surface area (Å²) in [5, 5.41) is 22.0. The van der Waals surface area contributed by atoms with Crippen LogP contribution in [0.1, 0.15) is 66.4 Å². The largest absolute Gasteiger partial charge is 0.504 e. The third-order valence-corrected chi connectivity index (χ3v) is 8.59. The number of benzene rings is 2. The maximum Gasteiger partial charge on any atom is 0.194 e. The van der Waals surface area contributed by atoms with Crippen molar-refractivity contribution in [1.82, 2.24) is 0 Å². The molecule has 2 fully saturated rings. The van der Waals surface area contributed by atoms with Crippen LogP contribution in [0.3, 0.4) is 0 Å². The lowest BCUT2D eigenvalue weighted by molar-refractivity contribution is -0.0773. The Morgan fingerprint density at radius 2 is 1.87 bits per heavy atom. The van der Waals surface area contributed by atoms with E-state index < -0.39 is 11.0 Å². The highest BCUT2D eigenvalue weighted by Crippen LogP contribution is 2.65. The van der Waals surface area contributed by atoms with E-state index in [4.69, 9.17) is 4.74 Å². The molecule has 4 nitrogen and oxygen atoms in total. The summed E-state index contributed by atoms with van der Waals surface area (Å²) in [6.45, 7) is 2.15. The third kappa shape index (κ3) is 2.59. The molecular weight excluding hydrogens is 376 g/mol. The molecule has 0 aliphatic heterocycles. The monoisotopic (exact) mass is 406 g/mol. The van der Waals surface area contributed by atoms with E-state index in [-0.39, 0.29) is 11.5 Å². The second-order valence-electron chi connectivity index (χ2n) is 9.69. The molecule has 2 N–H and O–H groups in total. The Morgan fingerprint density at radius 1 is 1.10 bits per heavy atom. The Bertz CT molecular complexity index is 984. The zero-order chi connectivity index (χ0) is 21.1. The van der Waals surface area contributed by atoms with Crippen molar-refractivity contribution in [2.24, 2.45) is 17.3 Å². The lowest BCUT2D eigenvalue weighted by atomic mass is 9.52. The number of hydrogen-bond acceptors (Lipinski definition) is 4. The van der Waals surface area contributed by atoms with Gasteiger partial charge in [0.2, 0.25) is 0 Å². The molecule has 2 saturated carbocycles. The molecule has 5 atom stereocenters. The Morgan fingerprint density at radius 3 is 2.60 bits per heavy atom. The van der Waals surface area contributed by atoms with Crippen LogP contribution in [-0.2, 0) is 6.42 Å². The number of ether oxygens (including phenoxy) is 1. The van der Waals surface area contributed by atoms with E-state index in [9.17, 15) is 15.0 Å². The summed E-state index contributed by atoms with van der Waals surface area (Å²) in [7, 11) is 1.59. The lowest BCUT2D eigenvalue weighted by Crippen LogP contribution is -2.55. The summed E-state index contributed by atoms with van der Waals surface area (Å²) in [6.07, 6.45) is 5.17. The van der Waals surface area contributed by atoms with Crippen LogP contribution in [0.25, 0.3) is 0 Å². The van der Waals surface area contributed by atoms with Gasteiger partial charge in [0.25, 0.3) is 0 Å². The molecule has 5 rings (SSSR count). The Hall–Kier alpha value is -2.33. The summed E-state index contributed by atoms with van der Waals surface area (Å²) in [6, 6.07) is 13.1. The molecule has 30 heavy (non-hydrogen) atoms. The van der Waals surface area contributed by atoms with E-state index in [1.807, 2.05) is 42.5 Å². The number of aromatic hydroxyl groups is 1. The number of hydrogen-bond donors (Lipinski definition) is 2. The number of carbonyl (C=O) groups is 1. The van der Waals surface area contributed by atoms with Gasteiger partial charge in [0.05, 0.1) is 7.11 Å². The maximum absolute atomic E-state index is 13.4. The first-order valence-corrected chi connectivity index (χ1v) is 11.1. The van der Waals surface area contributed by atoms with Crippen LogP contribution in [0.15, 0.2) is 42.5 Å². The van der Waals surface area contributed by atoms with Gasteiger partial charge in [-0.25, -0.2) is 0 Å². The van der Waals surface area contributed by atoms with Gasteiger partial charge in [-0.1, -0.05) is 37.3 Å². The summed E-state index contributed by atoms with van der Waals surface area (Å²) < 4.78 is 5.38. The Balaban J connectivity index is 1.49. The number of rotatable bonds is 3. The molecule has 158 valence electrons. The van der Waals surface area contributed by atoms with Crippen molar-refractivity contribution in [3.05, 3.63) is 59.2 Å². The minimum atomic E-state index is -1.29. The van der Waals surface area contributed by atoms with Crippen molar-refractivity contribution in [2.75, 3.05) is 7.11 Å². The van der Waals surface area contributed by atoms with Crippen LogP contribution in [-0.4, -0.2) is 28.7 Å². The first-order chi connectivity index (χ1) is 14.4. The molecule has 0 bridgehead atoms. The molecule has 4 heteroatoms. The molecule has 0 saturated heterocycles. The molecule has 0 aromatic heterocycles. The van der Waals surface area contributed by atoms with Gasteiger partial charge >= 0.3 is 0 Å². The average Bonchev–Trinajstić information content (AvgIpc) is 3.05. The van der Waals surface area contributed by atoms with Gasteiger partial charge in [0, 0.05) is 11.0 Å². The summed E-state index contributed by atoms with van der Waals surface area (Å²) in [5.41, 5.74) is 1.41. The molecule has 2 aromatic carbocycles. The zero-order valence-corrected chi connectivity index (χ0v) is 17.7. The number of phenolic OH excluding ortho intramolecular Hbond substituents is 1. The molecule has 0 spiro atoms. The standard InChI is InChI=1S/C26H30O4/c1-25-12-10-18-19(9-8-17-14-22(27)23(30-2)15-20(17)18)21(25)11-13-26(25,29)24(28)16-6-4-3-5-7-16/h3-7,14-15,18-19,21,27,29H,8-13H2,1-2H3/t18-,19+,21-,25-,26?/m0/s1. The fourth-order valence-corrected chi connectivity index (χ4v) is 6.97. The first-order valence-electron chi connectivity index (χ1n) is 11.1. The molecule has 2 aromatic rings. The predicted molar refractivity (Wildman–Crippen MR) is 115 cm³/mol. The summed E-state index contributed by atoms with van der Waals surface area (Å²) in [5.74, 6) is 1.79. The molecule has 0 amide bonds. The number of ketones is 1. The quantitative estimate of drug-likeness (QED) is 0.714. The summed E-state index contributed by atoms with van der Waals surface area (Å²) in [4.78, 5) is 13.4. The minimum absolute atomic E-state index is 0.116. The van der Waals surface area contributed by atoms with Gasteiger partial charge in [-0.05, 0) is 79.5 Å². The SMILES string of the molecule is COc1cc2c(cc1O)CC[C@@H]1[C@@H]2CC[C@@]2(C)[C@H]1CCC2(O)C(=O)c1ccccc1. The van der Waals surface area contributed by atoms with E-state index >= 15 is 0 Å². The fraction of sp³-hybridized carbons (Fsp3) is 0.500. The number of methoxy groups -OCH3 is 1. The Labute approximate surface area is 177 Å². The Kier molecular flexibility index (Phi) is 4.48. The summed E-state index contributed by atoms with van der Waals surface area (Å²) >= 11 is 0. The van der Waals surface area contributed by atoms with Crippen molar-refractivity contribution < 1.29 is 19.7 Å². The predicted octanol–water partition coefficient (Wildman–Crippen LogP) is 4.87. The topological polar surface area (TPSA) is 66.8 Å². The second kappa shape index (κ2) is 6.84. The van der Waals surface area contributed by atoms with Crippen LogP contribution in [0.5, 0.6) is 11.5 Å². The first kappa shape index (κ1) is 19.6. The van der Waals surface area contributed by atoms with Gasteiger partial charge < -0.3 is 14.9 Å². The average molecular weight is 407 g/mol. The number of carbonyl (C=O) groups excluding carboxylic acids is 1. The number of Topliss-reactive ketones (excluding diaryl/α,β-unsaturated/α-hetero) is 1.